The summed E-state index contributed by atoms with van der Waals surface area (Å²) < 4.78 is 5.55. The summed E-state index contributed by atoms with van der Waals surface area (Å²) in [4.78, 5) is 13.5. The van der Waals surface area contributed by atoms with Crippen LogP contribution in [-0.4, -0.2) is 42.6 Å². The Kier molecular flexibility index (Phi) is 5.02. The van der Waals surface area contributed by atoms with Crippen molar-refractivity contribution in [2.75, 3.05) is 19.6 Å². The Morgan fingerprint density at radius 2 is 2.30 bits per heavy atom. The zero-order valence-corrected chi connectivity index (χ0v) is 12.6. The van der Waals surface area contributed by atoms with Crippen molar-refractivity contribution in [3.8, 4) is 0 Å². The van der Waals surface area contributed by atoms with Crippen LogP contribution in [-0.2, 0) is 9.53 Å². The normalized spacial score (nSPS) is 25.4. The van der Waals surface area contributed by atoms with E-state index in [1.54, 1.807) is 0 Å². The quantitative estimate of drug-likeness (QED) is 0.925. The summed E-state index contributed by atoms with van der Waals surface area (Å²) in [5.41, 5.74) is 6.55. The van der Waals surface area contributed by atoms with Gasteiger partial charge in [0.2, 0.25) is 5.91 Å². The van der Waals surface area contributed by atoms with Gasteiger partial charge in [-0.1, -0.05) is 30.7 Å². The Morgan fingerprint density at radius 3 is 2.95 bits per heavy atom. The van der Waals surface area contributed by atoms with E-state index in [1.165, 1.54) is 5.56 Å². The van der Waals surface area contributed by atoms with Gasteiger partial charge in [0.1, 0.15) is 6.10 Å². The lowest BCUT2D eigenvalue weighted by Gasteiger charge is -2.36. The fourth-order valence-corrected chi connectivity index (χ4v) is 2.85. The van der Waals surface area contributed by atoms with Gasteiger partial charge in [0.05, 0.1) is 6.10 Å². The molecule has 20 heavy (non-hydrogen) atoms. The number of hydrogen-bond acceptors (Lipinski definition) is 3. The Hall–Kier alpha value is -1.10. The average Bonchev–Trinajstić information content (AvgIpc) is 2.37. The van der Waals surface area contributed by atoms with Crippen molar-refractivity contribution in [3.63, 3.8) is 0 Å². The maximum atomic E-state index is 11.3. The van der Waals surface area contributed by atoms with Crippen LogP contribution in [0.1, 0.15) is 25.3 Å². The molecule has 1 fully saturated rings. The van der Waals surface area contributed by atoms with Crippen LogP contribution in [0.15, 0.2) is 24.3 Å². The maximum absolute atomic E-state index is 11.3. The minimum atomic E-state index is -0.509. The van der Waals surface area contributed by atoms with Gasteiger partial charge in [-0.3, -0.25) is 9.69 Å². The van der Waals surface area contributed by atoms with Crippen LogP contribution in [0.25, 0.3) is 0 Å². The number of halogens is 1. The van der Waals surface area contributed by atoms with Crippen LogP contribution < -0.4 is 5.73 Å². The summed E-state index contributed by atoms with van der Waals surface area (Å²) in [6.07, 6.45) is -0.488. The molecule has 0 aliphatic carbocycles. The number of nitrogens with zero attached hydrogens (tertiary/aromatic N) is 1. The van der Waals surface area contributed by atoms with E-state index in [9.17, 15) is 4.79 Å². The van der Waals surface area contributed by atoms with Crippen molar-refractivity contribution in [2.45, 2.75) is 32.0 Å². The zero-order valence-electron chi connectivity index (χ0n) is 11.9. The number of carbonyl (C=O) groups excluding carboxylic acids is 1. The van der Waals surface area contributed by atoms with Crippen molar-refractivity contribution in [2.24, 2.45) is 5.73 Å². The standard InChI is InChI=1S/C15H21ClN2O2/c1-10(12-4-3-5-13(16)6-12)7-18-8-11(2)20-14(9-18)15(17)19/h3-6,10-11,14H,7-9H2,1-2H3,(H2,17,19)/t10-,11-,14-/m1/s1. The van der Waals surface area contributed by atoms with Crippen LogP contribution in [0.4, 0.5) is 0 Å². The summed E-state index contributed by atoms with van der Waals surface area (Å²) in [6.45, 7) is 6.36. The molecule has 0 radical (unpaired) electrons. The molecule has 1 aromatic rings. The average molecular weight is 297 g/mol. The van der Waals surface area contributed by atoms with Crippen LogP contribution in [0, 0.1) is 0 Å². The van der Waals surface area contributed by atoms with Gasteiger partial charge in [0.15, 0.2) is 0 Å². The molecule has 110 valence electrons. The molecule has 1 aliphatic rings. The van der Waals surface area contributed by atoms with Crippen LogP contribution in [0.3, 0.4) is 0 Å². The predicted octanol–water partition coefficient (Wildman–Crippen LogP) is 2.02. The number of ether oxygens (including phenoxy) is 1. The van der Waals surface area contributed by atoms with Gasteiger partial charge >= 0.3 is 0 Å². The number of carbonyl (C=O) groups is 1. The highest BCUT2D eigenvalue weighted by atomic mass is 35.5. The first-order valence-corrected chi connectivity index (χ1v) is 7.26. The molecule has 2 rings (SSSR count). The third-order valence-electron chi connectivity index (χ3n) is 3.60. The number of nitrogens with two attached hydrogens (primary N) is 1. The minimum absolute atomic E-state index is 0.0211. The lowest BCUT2D eigenvalue weighted by molar-refractivity contribution is -0.142. The predicted molar refractivity (Wildman–Crippen MR) is 79.8 cm³/mol. The minimum Gasteiger partial charge on any atom is -0.367 e. The van der Waals surface area contributed by atoms with Crippen molar-refractivity contribution in [1.82, 2.24) is 4.90 Å². The zero-order chi connectivity index (χ0) is 14.7. The van der Waals surface area contributed by atoms with E-state index in [0.29, 0.717) is 12.5 Å². The second-order valence-electron chi connectivity index (χ2n) is 5.51. The summed E-state index contributed by atoms with van der Waals surface area (Å²) in [5, 5.41) is 0.750. The summed E-state index contributed by atoms with van der Waals surface area (Å²) in [6, 6.07) is 7.90. The van der Waals surface area contributed by atoms with E-state index in [-0.39, 0.29) is 6.10 Å². The van der Waals surface area contributed by atoms with E-state index in [0.717, 1.165) is 18.1 Å². The first-order valence-electron chi connectivity index (χ1n) is 6.88. The largest absolute Gasteiger partial charge is 0.367 e. The van der Waals surface area contributed by atoms with E-state index in [2.05, 4.69) is 17.9 Å². The lowest BCUT2D eigenvalue weighted by atomic mass is 10.00. The Morgan fingerprint density at radius 1 is 1.55 bits per heavy atom. The van der Waals surface area contributed by atoms with Crippen molar-refractivity contribution >= 4 is 17.5 Å². The van der Waals surface area contributed by atoms with E-state index in [4.69, 9.17) is 22.1 Å². The van der Waals surface area contributed by atoms with E-state index < -0.39 is 12.0 Å². The molecule has 5 heteroatoms. The molecule has 1 aromatic carbocycles. The number of rotatable bonds is 4. The molecule has 2 N–H and O–H groups in total. The Bertz CT molecular complexity index is 481. The van der Waals surface area contributed by atoms with Crippen LogP contribution in [0.5, 0.6) is 0 Å². The molecule has 4 nitrogen and oxygen atoms in total. The molecule has 1 heterocycles. The number of amides is 1. The highest BCUT2D eigenvalue weighted by Gasteiger charge is 2.29. The van der Waals surface area contributed by atoms with Gasteiger partial charge in [-0.15, -0.1) is 0 Å². The van der Waals surface area contributed by atoms with Crippen molar-refractivity contribution in [3.05, 3.63) is 34.9 Å². The van der Waals surface area contributed by atoms with E-state index in [1.807, 2.05) is 25.1 Å². The molecule has 1 saturated heterocycles. The van der Waals surface area contributed by atoms with Gasteiger partial charge in [0.25, 0.3) is 0 Å². The summed E-state index contributed by atoms with van der Waals surface area (Å²) in [7, 11) is 0. The van der Waals surface area contributed by atoms with Gasteiger partial charge in [-0.2, -0.15) is 0 Å². The fourth-order valence-electron chi connectivity index (χ4n) is 2.65. The maximum Gasteiger partial charge on any atom is 0.247 e. The Balaban J connectivity index is 1.99. The van der Waals surface area contributed by atoms with Crippen molar-refractivity contribution in [1.29, 1.82) is 0 Å². The SMILES string of the molecule is C[C@@H]1CN(C[C@@H](C)c2cccc(Cl)c2)C[C@H](C(N)=O)O1. The monoisotopic (exact) mass is 296 g/mol. The van der Waals surface area contributed by atoms with Gasteiger partial charge in [0, 0.05) is 24.7 Å². The first kappa shape index (κ1) is 15.3. The molecule has 0 saturated carbocycles. The number of primary amides is 1. The third-order valence-corrected chi connectivity index (χ3v) is 3.84. The second kappa shape index (κ2) is 6.57. The summed E-state index contributed by atoms with van der Waals surface area (Å²) >= 11 is 6.02. The molecule has 3 atom stereocenters. The Labute approximate surface area is 124 Å². The molecule has 1 amide bonds. The van der Waals surface area contributed by atoms with Gasteiger partial charge in [-0.05, 0) is 30.5 Å². The fraction of sp³-hybridized carbons (Fsp3) is 0.533. The van der Waals surface area contributed by atoms with E-state index >= 15 is 0 Å². The van der Waals surface area contributed by atoms with Crippen molar-refractivity contribution < 1.29 is 9.53 Å². The highest BCUT2D eigenvalue weighted by Crippen LogP contribution is 2.22. The first-order chi connectivity index (χ1) is 9.45. The number of morpholine rings is 1. The molecule has 0 unspecified atom stereocenters. The number of hydrogen-bond donors (Lipinski definition) is 1. The highest BCUT2D eigenvalue weighted by molar-refractivity contribution is 6.30. The van der Waals surface area contributed by atoms with Crippen LogP contribution in [0.2, 0.25) is 5.02 Å². The molecule has 1 aliphatic heterocycles. The van der Waals surface area contributed by atoms with Crippen LogP contribution >= 0.6 is 11.6 Å². The smallest absolute Gasteiger partial charge is 0.247 e. The number of benzene rings is 1. The molecular weight excluding hydrogens is 276 g/mol. The molecule has 0 bridgehead atoms. The molecule has 0 aromatic heterocycles. The van der Waals surface area contributed by atoms with Gasteiger partial charge in [-0.25, -0.2) is 0 Å². The molecule has 0 spiro atoms. The molecular formula is C15H21ClN2O2. The summed E-state index contributed by atoms with van der Waals surface area (Å²) in [5.74, 6) is -0.0514. The second-order valence-corrected chi connectivity index (χ2v) is 5.95. The third kappa shape index (κ3) is 3.95. The topological polar surface area (TPSA) is 55.6 Å². The lowest BCUT2D eigenvalue weighted by Crippen LogP contribution is -2.52. The van der Waals surface area contributed by atoms with Gasteiger partial charge < -0.3 is 10.5 Å².